The van der Waals surface area contributed by atoms with E-state index in [1.54, 1.807) is 17.2 Å². The lowest BCUT2D eigenvalue weighted by Gasteiger charge is -2.49. The summed E-state index contributed by atoms with van der Waals surface area (Å²) in [6.45, 7) is 2.64. The van der Waals surface area contributed by atoms with Crippen molar-refractivity contribution in [3.05, 3.63) is 36.2 Å². The molecule has 0 radical (unpaired) electrons. The standard InChI is InChI=1S/C16H18FN5O3S/c1-11-2-4-18-15(21-11)25-8-12-3-5-26(23,24)16(12)9-22(10-16)14-19-6-13(17)7-20-14/h2,4,6-7,12H,3,5,8-10H2,1H3. The van der Waals surface area contributed by atoms with Gasteiger partial charge in [-0.2, -0.15) is 0 Å². The second kappa shape index (κ2) is 6.11. The highest BCUT2D eigenvalue weighted by atomic mass is 32.2. The minimum Gasteiger partial charge on any atom is -0.463 e. The lowest BCUT2D eigenvalue weighted by molar-refractivity contribution is 0.181. The Morgan fingerprint density at radius 3 is 2.73 bits per heavy atom. The number of ether oxygens (including phenoxy) is 1. The van der Waals surface area contributed by atoms with Crippen LogP contribution in [0.1, 0.15) is 12.1 Å². The van der Waals surface area contributed by atoms with Gasteiger partial charge in [0.1, 0.15) is 4.75 Å². The van der Waals surface area contributed by atoms with Crippen molar-refractivity contribution in [1.82, 2.24) is 19.9 Å². The minimum absolute atomic E-state index is 0.133. The molecule has 138 valence electrons. The topological polar surface area (TPSA) is 98.2 Å². The van der Waals surface area contributed by atoms with Crippen LogP contribution in [0, 0.1) is 18.7 Å². The van der Waals surface area contributed by atoms with Gasteiger partial charge in [-0.15, -0.1) is 0 Å². The summed E-state index contributed by atoms with van der Waals surface area (Å²) in [5.74, 6) is -0.218. The molecule has 0 amide bonds. The van der Waals surface area contributed by atoms with Crippen LogP contribution in [0.15, 0.2) is 24.7 Å². The lowest BCUT2D eigenvalue weighted by atomic mass is 9.84. The molecule has 2 aliphatic rings. The normalized spacial score (nSPS) is 23.0. The SMILES string of the molecule is Cc1ccnc(OCC2CCS(=O)(=O)C23CN(c2ncc(F)cn2)C3)n1. The second-order valence-corrected chi connectivity index (χ2v) is 9.17. The van der Waals surface area contributed by atoms with E-state index in [2.05, 4.69) is 19.9 Å². The Morgan fingerprint density at radius 1 is 1.31 bits per heavy atom. The molecule has 0 N–H and O–H groups in total. The van der Waals surface area contributed by atoms with Crippen molar-refractivity contribution in [2.75, 3.05) is 30.3 Å². The van der Waals surface area contributed by atoms with Crippen molar-refractivity contribution in [3.63, 3.8) is 0 Å². The first-order valence-electron chi connectivity index (χ1n) is 8.27. The van der Waals surface area contributed by atoms with Gasteiger partial charge in [0.2, 0.25) is 5.95 Å². The van der Waals surface area contributed by atoms with Crippen LogP contribution < -0.4 is 9.64 Å². The number of hydrogen-bond donors (Lipinski definition) is 0. The number of nitrogens with zero attached hydrogens (tertiary/aromatic N) is 5. The molecule has 2 aromatic rings. The first kappa shape index (κ1) is 17.1. The molecule has 0 bridgehead atoms. The Labute approximate surface area is 150 Å². The van der Waals surface area contributed by atoms with Gasteiger partial charge in [-0.3, -0.25) is 0 Å². The van der Waals surface area contributed by atoms with E-state index in [1.807, 2.05) is 6.92 Å². The fourth-order valence-electron chi connectivity index (χ4n) is 3.59. The minimum atomic E-state index is -3.25. The molecule has 2 aliphatic heterocycles. The van der Waals surface area contributed by atoms with E-state index in [1.165, 1.54) is 0 Å². The highest BCUT2D eigenvalue weighted by molar-refractivity contribution is 7.93. The summed E-state index contributed by atoms with van der Waals surface area (Å²) in [6, 6.07) is 2.02. The summed E-state index contributed by atoms with van der Waals surface area (Å²) < 4.78 is 43.1. The molecular formula is C16H18FN5O3S. The van der Waals surface area contributed by atoms with Gasteiger partial charge in [0, 0.05) is 30.9 Å². The molecular weight excluding hydrogens is 361 g/mol. The van der Waals surface area contributed by atoms with Crippen molar-refractivity contribution >= 4 is 15.8 Å². The van der Waals surface area contributed by atoms with Crippen molar-refractivity contribution in [1.29, 1.82) is 0 Å². The maximum atomic E-state index is 13.0. The van der Waals surface area contributed by atoms with E-state index in [9.17, 15) is 12.8 Å². The molecule has 2 aromatic heterocycles. The molecule has 2 fully saturated rings. The van der Waals surface area contributed by atoms with Crippen LogP contribution in [-0.2, 0) is 9.84 Å². The van der Waals surface area contributed by atoms with Crippen LogP contribution >= 0.6 is 0 Å². The van der Waals surface area contributed by atoms with Crippen LogP contribution in [0.5, 0.6) is 6.01 Å². The fourth-order valence-corrected chi connectivity index (χ4v) is 5.99. The summed E-state index contributed by atoms with van der Waals surface area (Å²) in [5, 5.41) is 0. The summed E-state index contributed by atoms with van der Waals surface area (Å²) >= 11 is 0. The van der Waals surface area contributed by atoms with E-state index >= 15 is 0 Å². The zero-order chi connectivity index (χ0) is 18.4. The average molecular weight is 379 g/mol. The van der Waals surface area contributed by atoms with E-state index < -0.39 is 20.4 Å². The quantitative estimate of drug-likeness (QED) is 0.769. The second-order valence-electron chi connectivity index (χ2n) is 6.72. The van der Waals surface area contributed by atoms with Crippen LogP contribution in [0.2, 0.25) is 0 Å². The Hall–Kier alpha value is -2.36. The molecule has 2 saturated heterocycles. The van der Waals surface area contributed by atoms with Gasteiger partial charge in [0.05, 0.1) is 24.8 Å². The maximum Gasteiger partial charge on any atom is 0.316 e. The van der Waals surface area contributed by atoms with Crippen molar-refractivity contribution in [2.24, 2.45) is 5.92 Å². The van der Waals surface area contributed by atoms with Gasteiger partial charge in [-0.05, 0) is 19.4 Å². The zero-order valence-corrected chi connectivity index (χ0v) is 15.0. The maximum absolute atomic E-state index is 13.0. The number of sulfone groups is 1. The van der Waals surface area contributed by atoms with Crippen LogP contribution in [0.4, 0.5) is 10.3 Å². The molecule has 26 heavy (non-hydrogen) atoms. The molecule has 1 unspecified atom stereocenters. The largest absolute Gasteiger partial charge is 0.463 e. The number of anilines is 1. The summed E-state index contributed by atoms with van der Waals surface area (Å²) in [5.41, 5.74) is 0.784. The van der Waals surface area contributed by atoms with Gasteiger partial charge < -0.3 is 9.64 Å². The van der Waals surface area contributed by atoms with Crippen LogP contribution in [0.3, 0.4) is 0 Å². The van der Waals surface area contributed by atoms with E-state index in [4.69, 9.17) is 4.74 Å². The predicted molar refractivity (Wildman–Crippen MR) is 91.1 cm³/mol. The van der Waals surface area contributed by atoms with Gasteiger partial charge in [-0.1, -0.05) is 0 Å². The average Bonchev–Trinajstić information content (AvgIpc) is 2.83. The van der Waals surface area contributed by atoms with Gasteiger partial charge >= 0.3 is 6.01 Å². The third kappa shape index (κ3) is 2.77. The fraction of sp³-hybridized carbons (Fsp3) is 0.500. The number of aryl methyl sites for hydroxylation is 1. The summed E-state index contributed by atoms with van der Waals surface area (Å²) in [7, 11) is -3.25. The van der Waals surface area contributed by atoms with Gasteiger partial charge in [0.15, 0.2) is 15.7 Å². The Morgan fingerprint density at radius 2 is 2.04 bits per heavy atom. The molecule has 1 atom stereocenters. The lowest BCUT2D eigenvalue weighted by Crippen LogP contribution is -2.68. The Balaban J connectivity index is 1.49. The molecule has 4 rings (SSSR count). The third-order valence-corrected chi connectivity index (χ3v) is 7.69. The Bertz CT molecular complexity index is 916. The molecule has 0 aromatic carbocycles. The monoisotopic (exact) mass is 379 g/mol. The molecule has 4 heterocycles. The molecule has 0 aliphatic carbocycles. The molecule has 0 saturated carbocycles. The molecule has 1 spiro atoms. The number of rotatable bonds is 4. The van der Waals surface area contributed by atoms with E-state index in [-0.39, 0.29) is 37.4 Å². The summed E-state index contributed by atoms with van der Waals surface area (Å²) in [4.78, 5) is 17.8. The van der Waals surface area contributed by atoms with Crippen LogP contribution in [0.25, 0.3) is 0 Å². The van der Waals surface area contributed by atoms with Crippen molar-refractivity contribution in [3.8, 4) is 6.01 Å². The highest BCUT2D eigenvalue weighted by Gasteiger charge is 2.62. The third-order valence-electron chi connectivity index (χ3n) is 5.09. The van der Waals surface area contributed by atoms with E-state index in [0.717, 1.165) is 18.1 Å². The number of halogens is 1. The first-order valence-corrected chi connectivity index (χ1v) is 9.92. The number of aromatic nitrogens is 4. The zero-order valence-electron chi connectivity index (χ0n) is 14.2. The molecule has 10 heteroatoms. The highest BCUT2D eigenvalue weighted by Crippen LogP contribution is 2.45. The first-order chi connectivity index (χ1) is 12.4. The molecule has 8 nitrogen and oxygen atoms in total. The Kier molecular flexibility index (Phi) is 4.02. The predicted octanol–water partition coefficient (Wildman–Crippen LogP) is 0.787. The van der Waals surface area contributed by atoms with Crippen LogP contribution in [-0.4, -0.2) is 58.5 Å². The number of hydrogen-bond acceptors (Lipinski definition) is 8. The van der Waals surface area contributed by atoms with Crippen molar-refractivity contribution in [2.45, 2.75) is 18.1 Å². The van der Waals surface area contributed by atoms with Gasteiger partial charge in [-0.25, -0.2) is 32.7 Å². The van der Waals surface area contributed by atoms with Crippen molar-refractivity contribution < 1.29 is 17.5 Å². The smallest absolute Gasteiger partial charge is 0.316 e. The van der Waals surface area contributed by atoms with E-state index in [0.29, 0.717) is 12.4 Å². The van der Waals surface area contributed by atoms with Gasteiger partial charge in [0.25, 0.3) is 0 Å². The summed E-state index contributed by atoms with van der Waals surface area (Å²) in [6.07, 6.45) is 4.29.